The lowest BCUT2D eigenvalue weighted by atomic mass is 10.0. The number of unbranched alkanes of at least 4 members (excludes halogenated alkanes) is 15. The molecule has 0 aromatic carbocycles. The molecule has 0 amide bonds. The van der Waals surface area contributed by atoms with Gasteiger partial charge in [0.25, 0.3) is 0 Å². The van der Waals surface area contributed by atoms with Gasteiger partial charge in [-0.2, -0.15) is 0 Å². The summed E-state index contributed by atoms with van der Waals surface area (Å²) in [5, 5.41) is 0. The van der Waals surface area contributed by atoms with E-state index in [0.29, 0.717) is 6.42 Å². The normalized spacial score (nSPS) is 12.2. The van der Waals surface area contributed by atoms with E-state index in [-0.39, 0.29) is 18.5 Å². The molecule has 0 bridgehead atoms. The smallest absolute Gasteiger partial charge is 0.492 e. The summed E-state index contributed by atoms with van der Waals surface area (Å²) in [6.07, 6.45) is 23.1. The Morgan fingerprint density at radius 2 is 0.806 bits per heavy atom. The van der Waals surface area contributed by atoms with Crippen molar-refractivity contribution >= 4 is 8.80 Å². The molecule has 0 rings (SSSR count). The molecule has 190 valence electrons. The molecule has 0 aliphatic heterocycles. The van der Waals surface area contributed by atoms with E-state index in [9.17, 15) is 14.4 Å². The summed E-state index contributed by atoms with van der Waals surface area (Å²) in [4.78, 5) is 27.7. The van der Waals surface area contributed by atoms with E-state index in [1.807, 2.05) is 0 Å². The van der Waals surface area contributed by atoms with Gasteiger partial charge in [-0.3, -0.25) is 0 Å². The van der Waals surface area contributed by atoms with Gasteiger partial charge in [0.05, 0.1) is 26.2 Å². The summed E-state index contributed by atoms with van der Waals surface area (Å²) < 4.78 is 1.04. The third kappa shape index (κ3) is 21.9. The Balaban J connectivity index is 0. The highest BCUT2D eigenvalue weighted by atomic mass is 35.5. The molecule has 0 heterocycles. The van der Waals surface area contributed by atoms with E-state index in [0.717, 1.165) is 24.1 Å². The zero-order chi connectivity index (χ0) is 22.6. The first-order valence-corrected chi connectivity index (χ1v) is 15.5. The van der Waals surface area contributed by atoms with E-state index in [4.69, 9.17) is 0 Å². The Labute approximate surface area is 202 Å². The van der Waals surface area contributed by atoms with Crippen LogP contribution in [0.25, 0.3) is 0 Å². The highest BCUT2D eigenvalue weighted by molar-refractivity contribution is 6.56. The molecular weight excluding hydrogens is 426 g/mol. The second kappa shape index (κ2) is 22.2. The fourth-order valence-corrected chi connectivity index (χ4v) is 5.25. The molecule has 0 aliphatic carbocycles. The van der Waals surface area contributed by atoms with Gasteiger partial charge in [0.1, 0.15) is 0 Å². The zero-order valence-electron chi connectivity index (χ0n) is 21.2. The minimum absolute atomic E-state index is 0. The molecule has 0 saturated heterocycles. The van der Waals surface area contributed by atoms with Crippen molar-refractivity contribution in [2.45, 2.75) is 136 Å². The average molecular weight is 482 g/mol. The Hall–Kier alpha value is 0.347. The predicted molar refractivity (Wildman–Crippen MR) is 132 cm³/mol. The van der Waals surface area contributed by atoms with Crippen LogP contribution in [0.4, 0.5) is 0 Å². The standard InChI is InChI=1S/C25H56NO3Si.ClH/c1-4-7-8-9-10-11-12-13-14-15-16-17-18-19-20-21-23-26(5-2,6-3)24-22-25-30(27,28)29;/h27-29H,4-25H2,1-3H3;1H/q+1;/p-1. The molecule has 0 atom stereocenters. The van der Waals surface area contributed by atoms with Gasteiger partial charge in [-0.05, 0) is 26.7 Å². The quantitative estimate of drug-likeness (QED) is 0.119. The largest absolute Gasteiger partial charge is 1.00 e. The monoisotopic (exact) mass is 481 g/mol. The van der Waals surface area contributed by atoms with Crippen molar-refractivity contribution in [2.24, 2.45) is 0 Å². The highest BCUT2D eigenvalue weighted by Crippen LogP contribution is 2.16. The van der Waals surface area contributed by atoms with Gasteiger partial charge in [-0.25, -0.2) is 0 Å². The summed E-state index contributed by atoms with van der Waals surface area (Å²) in [5.41, 5.74) is 0. The lowest BCUT2D eigenvalue weighted by molar-refractivity contribution is -0.925. The first-order valence-electron chi connectivity index (χ1n) is 13.4. The van der Waals surface area contributed by atoms with Crippen LogP contribution in [0.2, 0.25) is 6.04 Å². The second-order valence-corrected chi connectivity index (χ2v) is 11.7. The summed E-state index contributed by atoms with van der Waals surface area (Å²) >= 11 is 0. The molecule has 0 unspecified atom stereocenters. The van der Waals surface area contributed by atoms with E-state index in [1.165, 1.54) is 109 Å². The topological polar surface area (TPSA) is 60.7 Å². The number of hydrogen-bond acceptors (Lipinski definition) is 3. The summed E-state index contributed by atoms with van der Waals surface area (Å²) in [6, 6.07) is 0.173. The fourth-order valence-electron chi connectivity index (χ4n) is 4.61. The van der Waals surface area contributed by atoms with Crippen LogP contribution in [0.15, 0.2) is 0 Å². The van der Waals surface area contributed by atoms with Crippen molar-refractivity contribution in [3.05, 3.63) is 0 Å². The molecule has 3 N–H and O–H groups in total. The van der Waals surface area contributed by atoms with Gasteiger partial charge >= 0.3 is 8.80 Å². The van der Waals surface area contributed by atoms with Gasteiger partial charge in [-0.1, -0.05) is 96.8 Å². The average Bonchev–Trinajstić information content (AvgIpc) is 2.71. The van der Waals surface area contributed by atoms with Crippen molar-refractivity contribution in [2.75, 3.05) is 26.2 Å². The number of rotatable bonds is 23. The van der Waals surface area contributed by atoms with Crippen molar-refractivity contribution in [1.82, 2.24) is 0 Å². The van der Waals surface area contributed by atoms with Crippen LogP contribution < -0.4 is 12.4 Å². The molecule has 0 aromatic heterocycles. The lowest BCUT2D eigenvalue weighted by Crippen LogP contribution is -3.00. The Kier molecular flexibility index (Phi) is 24.0. The van der Waals surface area contributed by atoms with Crippen molar-refractivity contribution < 1.29 is 31.3 Å². The maximum Gasteiger partial charge on any atom is 0.492 e. The molecule has 0 saturated carbocycles. The molecular formula is C25H56ClNO3Si. The number of nitrogens with zero attached hydrogens (tertiary/aromatic N) is 1. The van der Waals surface area contributed by atoms with E-state index in [2.05, 4.69) is 20.8 Å². The van der Waals surface area contributed by atoms with Crippen LogP contribution in [0.1, 0.15) is 130 Å². The van der Waals surface area contributed by atoms with Gasteiger partial charge in [0.15, 0.2) is 0 Å². The van der Waals surface area contributed by atoms with Crippen molar-refractivity contribution in [3.8, 4) is 0 Å². The summed E-state index contributed by atoms with van der Waals surface area (Å²) in [5.74, 6) is 0. The molecule has 0 fully saturated rings. The third-order valence-electron chi connectivity index (χ3n) is 6.97. The summed E-state index contributed by atoms with van der Waals surface area (Å²) in [7, 11) is -3.87. The Bertz CT molecular complexity index is 363. The van der Waals surface area contributed by atoms with E-state index >= 15 is 0 Å². The number of halogens is 1. The summed E-state index contributed by atoms with van der Waals surface area (Å²) in [6.45, 7) is 11.1. The van der Waals surface area contributed by atoms with Gasteiger partial charge in [0.2, 0.25) is 0 Å². The zero-order valence-corrected chi connectivity index (χ0v) is 23.0. The Morgan fingerprint density at radius 3 is 1.13 bits per heavy atom. The predicted octanol–water partition coefficient (Wildman–Crippen LogP) is 3.41. The maximum atomic E-state index is 9.23. The lowest BCUT2D eigenvalue weighted by Gasteiger charge is -2.37. The van der Waals surface area contributed by atoms with Crippen LogP contribution in [0.5, 0.6) is 0 Å². The molecule has 4 nitrogen and oxygen atoms in total. The van der Waals surface area contributed by atoms with E-state index < -0.39 is 8.80 Å². The highest BCUT2D eigenvalue weighted by Gasteiger charge is 2.29. The minimum Gasteiger partial charge on any atom is -1.00 e. The Morgan fingerprint density at radius 1 is 0.484 bits per heavy atom. The first kappa shape index (κ1) is 33.5. The molecule has 0 spiro atoms. The SMILES string of the molecule is CCCCCCCCCCCCCCCCCC[N+](CC)(CC)CCC[Si](O)(O)O.[Cl-]. The molecule has 31 heavy (non-hydrogen) atoms. The number of hydrogen-bond donors (Lipinski definition) is 3. The van der Waals surface area contributed by atoms with Crippen LogP contribution in [-0.2, 0) is 0 Å². The molecule has 6 heteroatoms. The molecule has 0 aliphatic rings. The van der Waals surface area contributed by atoms with Crippen molar-refractivity contribution in [3.63, 3.8) is 0 Å². The van der Waals surface area contributed by atoms with Crippen molar-refractivity contribution in [1.29, 1.82) is 0 Å². The first-order chi connectivity index (χ1) is 14.4. The van der Waals surface area contributed by atoms with Gasteiger partial charge in [0, 0.05) is 12.5 Å². The van der Waals surface area contributed by atoms with Crippen LogP contribution in [0.3, 0.4) is 0 Å². The third-order valence-corrected chi connectivity index (χ3v) is 8.00. The minimum atomic E-state index is -3.87. The molecule has 0 radical (unpaired) electrons. The molecule has 0 aromatic rings. The van der Waals surface area contributed by atoms with Crippen LogP contribution >= 0.6 is 0 Å². The van der Waals surface area contributed by atoms with Gasteiger partial charge < -0.3 is 31.3 Å². The van der Waals surface area contributed by atoms with Crippen LogP contribution in [-0.4, -0.2) is 53.9 Å². The fraction of sp³-hybridized carbons (Fsp3) is 1.00. The van der Waals surface area contributed by atoms with Crippen LogP contribution in [0, 0.1) is 0 Å². The van der Waals surface area contributed by atoms with Gasteiger partial charge in [-0.15, -0.1) is 0 Å². The number of quaternary nitrogens is 1. The maximum absolute atomic E-state index is 9.23. The van der Waals surface area contributed by atoms with E-state index in [1.54, 1.807) is 0 Å². The second-order valence-electron chi connectivity index (χ2n) is 9.60.